The van der Waals surface area contributed by atoms with Crippen LogP contribution in [0.3, 0.4) is 0 Å². The molecule has 0 fully saturated rings. The first-order valence-electron chi connectivity index (χ1n) is 5.91. The van der Waals surface area contributed by atoms with Crippen molar-refractivity contribution in [2.24, 2.45) is 5.73 Å². The Labute approximate surface area is 120 Å². The lowest BCUT2D eigenvalue weighted by molar-refractivity contribution is 0.0997. The van der Waals surface area contributed by atoms with Crippen LogP contribution in [0.4, 0.5) is 4.39 Å². The van der Waals surface area contributed by atoms with Gasteiger partial charge < -0.3 is 10.3 Å². The van der Waals surface area contributed by atoms with E-state index in [2.05, 4.69) is 0 Å². The maximum Gasteiger partial charge on any atom is 0.252 e. The van der Waals surface area contributed by atoms with E-state index in [0.29, 0.717) is 5.56 Å². The van der Waals surface area contributed by atoms with Gasteiger partial charge in [0.1, 0.15) is 11.3 Å². The van der Waals surface area contributed by atoms with Crippen molar-refractivity contribution in [2.45, 2.75) is 13.0 Å². The highest BCUT2D eigenvalue weighted by atomic mass is 35.5. The van der Waals surface area contributed by atoms with E-state index < -0.39 is 5.91 Å². The van der Waals surface area contributed by atoms with Crippen molar-refractivity contribution < 1.29 is 9.18 Å². The minimum absolute atomic E-state index is 0.0285. The Hall–Kier alpha value is -2.14. The molecule has 3 N–H and O–H groups in total. The van der Waals surface area contributed by atoms with Gasteiger partial charge in [-0.25, -0.2) is 4.39 Å². The Morgan fingerprint density at radius 2 is 2.15 bits per heavy atom. The number of primary amides is 1. The average Bonchev–Trinajstić information content (AvgIpc) is 2.40. The van der Waals surface area contributed by atoms with Crippen molar-refractivity contribution in [2.75, 3.05) is 0 Å². The van der Waals surface area contributed by atoms with Gasteiger partial charge in [0.25, 0.3) is 5.91 Å². The molecule has 0 unspecified atom stereocenters. The van der Waals surface area contributed by atoms with E-state index in [1.54, 1.807) is 19.1 Å². The predicted octanol–water partition coefficient (Wildman–Crippen LogP) is 2.47. The second-order valence-electron chi connectivity index (χ2n) is 4.42. The van der Waals surface area contributed by atoms with E-state index in [1.165, 1.54) is 29.0 Å². The summed E-state index contributed by atoms with van der Waals surface area (Å²) in [6.07, 6.45) is 1.52. The fraction of sp³-hybridized carbons (Fsp3) is 0.143. The van der Waals surface area contributed by atoms with Crippen LogP contribution < -0.4 is 11.2 Å². The van der Waals surface area contributed by atoms with Crippen LogP contribution in [0.25, 0.3) is 0 Å². The topological polar surface area (TPSA) is 71.9 Å². The molecule has 0 spiro atoms. The molecule has 0 aliphatic rings. The standard InChI is InChI=1S/C14H13ClFN3O/c1-8(9-3-2-4-11(16)5-9)19-7-10(15)6-12(13(19)17)14(18)20/h2-8,17H,1H3,(H2,18,20)/t8-/m1/s1. The monoisotopic (exact) mass is 293 g/mol. The average molecular weight is 294 g/mol. The largest absolute Gasteiger partial charge is 0.365 e. The van der Waals surface area contributed by atoms with Crippen LogP contribution >= 0.6 is 11.6 Å². The van der Waals surface area contributed by atoms with Gasteiger partial charge in [0.2, 0.25) is 0 Å². The van der Waals surface area contributed by atoms with Crippen molar-refractivity contribution in [3.63, 3.8) is 0 Å². The van der Waals surface area contributed by atoms with Gasteiger partial charge in [-0.3, -0.25) is 10.2 Å². The number of benzene rings is 1. The predicted molar refractivity (Wildman–Crippen MR) is 74.0 cm³/mol. The number of hydrogen-bond acceptors (Lipinski definition) is 2. The molecule has 104 valence electrons. The fourth-order valence-electron chi connectivity index (χ4n) is 2.00. The molecule has 1 aromatic carbocycles. The number of nitrogens with two attached hydrogens (primary N) is 1. The van der Waals surface area contributed by atoms with Crippen LogP contribution in [0.15, 0.2) is 36.5 Å². The highest BCUT2D eigenvalue weighted by Gasteiger charge is 2.14. The molecule has 1 heterocycles. The van der Waals surface area contributed by atoms with Gasteiger partial charge in [-0.1, -0.05) is 23.7 Å². The maximum absolute atomic E-state index is 13.3. The van der Waals surface area contributed by atoms with Gasteiger partial charge in [-0.05, 0) is 30.7 Å². The third-order valence-corrected chi connectivity index (χ3v) is 3.28. The molecule has 0 aliphatic carbocycles. The van der Waals surface area contributed by atoms with E-state index >= 15 is 0 Å². The first kappa shape index (κ1) is 14.3. The highest BCUT2D eigenvalue weighted by molar-refractivity contribution is 6.30. The molecular weight excluding hydrogens is 281 g/mol. The number of pyridine rings is 1. The van der Waals surface area contributed by atoms with E-state index in [1.807, 2.05) is 0 Å². The lowest BCUT2D eigenvalue weighted by Crippen LogP contribution is -2.31. The van der Waals surface area contributed by atoms with Crippen LogP contribution in [0.2, 0.25) is 5.02 Å². The summed E-state index contributed by atoms with van der Waals surface area (Å²) in [6, 6.07) is 7.05. The number of carbonyl (C=O) groups excluding carboxylic acids is 1. The lowest BCUT2D eigenvalue weighted by Gasteiger charge is -2.18. The number of hydrogen-bond donors (Lipinski definition) is 2. The van der Waals surface area contributed by atoms with Gasteiger partial charge in [0, 0.05) is 6.20 Å². The summed E-state index contributed by atoms with van der Waals surface area (Å²) in [5.74, 6) is -1.09. The van der Waals surface area contributed by atoms with E-state index in [4.69, 9.17) is 22.7 Å². The quantitative estimate of drug-likeness (QED) is 0.896. The molecule has 6 heteroatoms. The number of nitrogens with zero attached hydrogens (tertiary/aromatic N) is 1. The van der Waals surface area contributed by atoms with Crippen LogP contribution in [0, 0.1) is 11.2 Å². The second-order valence-corrected chi connectivity index (χ2v) is 4.86. The zero-order valence-electron chi connectivity index (χ0n) is 10.7. The van der Waals surface area contributed by atoms with Crippen LogP contribution in [0.5, 0.6) is 0 Å². The number of aromatic nitrogens is 1. The Morgan fingerprint density at radius 3 is 2.75 bits per heavy atom. The minimum atomic E-state index is -0.724. The summed E-state index contributed by atoms with van der Waals surface area (Å²) >= 11 is 5.94. The molecule has 2 aromatic rings. The van der Waals surface area contributed by atoms with Gasteiger partial charge in [-0.15, -0.1) is 0 Å². The summed E-state index contributed by atoms with van der Waals surface area (Å²) in [4.78, 5) is 11.3. The molecule has 1 amide bonds. The second kappa shape index (κ2) is 5.46. The summed E-state index contributed by atoms with van der Waals surface area (Å²) in [5.41, 5.74) is 5.86. The molecular formula is C14H13ClFN3O. The SMILES string of the molecule is C[C@H](c1cccc(F)c1)n1cc(Cl)cc(C(N)=O)c1=N. The summed E-state index contributed by atoms with van der Waals surface area (Å²) in [6.45, 7) is 1.79. The fourth-order valence-corrected chi connectivity index (χ4v) is 2.21. The Kier molecular flexibility index (Phi) is 3.90. The molecule has 2 rings (SSSR count). The normalized spacial score (nSPS) is 12.2. The van der Waals surface area contributed by atoms with Crippen molar-refractivity contribution in [1.29, 1.82) is 5.41 Å². The number of nitrogens with one attached hydrogen (secondary N) is 1. The van der Waals surface area contributed by atoms with E-state index in [0.717, 1.165) is 0 Å². The van der Waals surface area contributed by atoms with Gasteiger partial charge in [0.05, 0.1) is 16.6 Å². The molecule has 0 saturated carbocycles. The zero-order chi connectivity index (χ0) is 14.9. The van der Waals surface area contributed by atoms with Crippen molar-refractivity contribution >= 4 is 17.5 Å². The Bertz CT molecular complexity index is 727. The number of rotatable bonds is 3. The van der Waals surface area contributed by atoms with Crippen LogP contribution in [0.1, 0.15) is 28.9 Å². The highest BCUT2D eigenvalue weighted by Crippen LogP contribution is 2.19. The molecule has 1 atom stereocenters. The first-order chi connectivity index (χ1) is 9.40. The summed E-state index contributed by atoms with van der Waals surface area (Å²) < 4.78 is 14.8. The minimum Gasteiger partial charge on any atom is -0.365 e. The maximum atomic E-state index is 13.3. The Balaban J connectivity index is 2.58. The third kappa shape index (κ3) is 2.72. The zero-order valence-corrected chi connectivity index (χ0v) is 11.5. The smallest absolute Gasteiger partial charge is 0.252 e. The number of halogens is 2. The molecule has 0 radical (unpaired) electrons. The van der Waals surface area contributed by atoms with Crippen molar-refractivity contribution in [3.05, 3.63) is 64.0 Å². The molecule has 0 aliphatic heterocycles. The van der Waals surface area contributed by atoms with E-state index in [-0.39, 0.29) is 27.9 Å². The molecule has 20 heavy (non-hydrogen) atoms. The number of amides is 1. The molecule has 1 aromatic heterocycles. The first-order valence-corrected chi connectivity index (χ1v) is 6.29. The van der Waals surface area contributed by atoms with Gasteiger partial charge in [0.15, 0.2) is 0 Å². The molecule has 0 saturated heterocycles. The van der Waals surface area contributed by atoms with Gasteiger partial charge >= 0.3 is 0 Å². The van der Waals surface area contributed by atoms with Crippen LogP contribution in [-0.2, 0) is 0 Å². The van der Waals surface area contributed by atoms with Crippen molar-refractivity contribution in [1.82, 2.24) is 4.57 Å². The summed E-state index contributed by atoms with van der Waals surface area (Å²) in [5, 5.41) is 8.31. The third-order valence-electron chi connectivity index (χ3n) is 3.07. The Morgan fingerprint density at radius 1 is 1.45 bits per heavy atom. The molecule has 0 bridgehead atoms. The van der Waals surface area contributed by atoms with Crippen molar-refractivity contribution in [3.8, 4) is 0 Å². The number of carbonyl (C=O) groups is 1. The lowest BCUT2D eigenvalue weighted by atomic mass is 10.1. The molecule has 4 nitrogen and oxygen atoms in total. The van der Waals surface area contributed by atoms with Crippen LogP contribution in [-0.4, -0.2) is 10.5 Å². The summed E-state index contributed by atoms with van der Waals surface area (Å²) in [7, 11) is 0. The van der Waals surface area contributed by atoms with Gasteiger partial charge in [-0.2, -0.15) is 0 Å². The van der Waals surface area contributed by atoms with E-state index in [9.17, 15) is 9.18 Å².